The van der Waals surface area contributed by atoms with E-state index >= 15 is 0 Å². The molecule has 0 radical (unpaired) electrons. The van der Waals surface area contributed by atoms with Crippen LogP contribution < -0.4 is 0 Å². The molecular formula is C10H19FN2O. The third-order valence-corrected chi connectivity index (χ3v) is 2.77. The lowest BCUT2D eigenvalue weighted by Crippen LogP contribution is -2.45. The Morgan fingerprint density at radius 2 is 2.07 bits per heavy atom. The number of nitrogens with zero attached hydrogens (tertiary/aromatic N) is 2. The summed E-state index contributed by atoms with van der Waals surface area (Å²) in [4.78, 5) is 14.9. The second-order valence-corrected chi connectivity index (χ2v) is 4.48. The Morgan fingerprint density at radius 1 is 1.50 bits per heavy atom. The molecule has 0 aromatic rings. The molecule has 0 N–H and O–H groups in total. The molecule has 3 nitrogen and oxygen atoms in total. The Morgan fingerprint density at radius 3 is 2.43 bits per heavy atom. The highest BCUT2D eigenvalue weighted by Gasteiger charge is 2.46. The van der Waals surface area contributed by atoms with E-state index in [4.69, 9.17) is 0 Å². The standard InChI is InChI=1S/C10H19FN2O/c1-8(2)13-6-5-10(11,7-13)9(14)12(3)4/h8H,5-7H2,1-4H3. The molecule has 1 unspecified atom stereocenters. The van der Waals surface area contributed by atoms with Crippen molar-refractivity contribution in [2.75, 3.05) is 27.2 Å². The van der Waals surface area contributed by atoms with Crippen LogP contribution in [0.2, 0.25) is 0 Å². The van der Waals surface area contributed by atoms with Gasteiger partial charge in [-0.3, -0.25) is 9.69 Å². The molecule has 1 saturated heterocycles. The summed E-state index contributed by atoms with van der Waals surface area (Å²) in [6.07, 6.45) is 0.322. The van der Waals surface area contributed by atoms with Crippen LogP contribution in [0, 0.1) is 0 Å². The zero-order chi connectivity index (χ0) is 10.9. The first-order chi connectivity index (χ1) is 6.37. The second-order valence-electron chi connectivity index (χ2n) is 4.48. The van der Waals surface area contributed by atoms with Crippen LogP contribution in [0.5, 0.6) is 0 Å². The summed E-state index contributed by atoms with van der Waals surface area (Å²) in [6, 6.07) is 0.308. The minimum absolute atomic E-state index is 0.238. The van der Waals surface area contributed by atoms with Crippen molar-refractivity contribution in [2.24, 2.45) is 0 Å². The summed E-state index contributed by atoms with van der Waals surface area (Å²) in [7, 11) is 3.20. The maximum absolute atomic E-state index is 14.1. The largest absolute Gasteiger partial charge is 0.346 e. The number of carbonyl (C=O) groups excluding carboxylic acids is 1. The highest BCUT2D eigenvalue weighted by Crippen LogP contribution is 2.28. The monoisotopic (exact) mass is 202 g/mol. The third kappa shape index (κ3) is 2.05. The molecule has 1 fully saturated rings. The van der Waals surface area contributed by atoms with Crippen molar-refractivity contribution in [1.82, 2.24) is 9.80 Å². The molecule has 0 spiro atoms. The average molecular weight is 202 g/mol. The molecular weight excluding hydrogens is 183 g/mol. The van der Waals surface area contributed by atoms with Gasteiger partial charge in [0.2, 0.25) is 5.67 Å². The van der Waals surface area contributed by atoms with Gasteiger partial charge in [0.1, 0.15) is 0 Å². The lowest BCUT2D eigenvalue weighted by molar-refractivity contribution is -0.140. The van der Waals surface area contributed by atoms with Gasteiger partial charge >= 0.3 is 0 Å². The fourth-order valence-corrected chi connectivity index (χ4v) is 1.82. The maximum Gasteiger partial charge on any atom is 0.261 e. The molecule has 82 valence electrons. The van der Waals surface area contributed by atoms with E-state index in [1.165, 1.54) is 4.90 Å². The first kappa shape index (κ1) is 11.4. The van der Waals surface area contributed by atoms with Gasteiger partial charge in [-0.1, -0.05) is 0 Å². The first-order valence-electron chi connectivity index (χ1n) is 5.01. The predicted octanol–water partition coefficient (Wildman–Crippen LogP) is 0.897. The van der Waals surface area contributed by atoms with Crippen LogP contribution in [0.3, 0.4) is 0 Å². The Labute approximate surface area is 84.9 Å². The lowest BCUT2D eigenvalue weighted by Gasteiger charge is -2.24. The number of alkyl halides is 1. The quantitative estimate of drug-likeness (QED) is 0.664. The molecule has 0 aromatic carbocycles. The Hall–Kier alpha value is -0.640. The van der Waals surface area contributed by atoms with Gasteiger partial charge in [0.25, 0.3) is 5.91 Å². The van der Waals surface area contributed by atoms with E-state index in [0.717, 1.165) is 0 Å². The van der Waals surface area contributed by atoms with Crippen LogP contribution >= 0.6 is 0 Å². The van der Waals surface area contributed by atoms with E-state index < -0.39 is 11.6 Å². The van der Waals surface area contributed by atoms with Gasteiger partial charge in [-0.15, -0.1) is 0 Å². The van der Waals surface area contributed by atoms with E-state index in [9.17, 15) is 9.18 Å². The summed E-state index contributed by atoms with van der Waals surface area (Å²) in [5.74, 6) is -0.402. The Bertz CT molecular complexity index is 230. The molecule has 1 atom stereocenters. The molecule has 1 heterocycles. The van der Waals surface area contributed by atoms with Crippen molar-refractivity contribution >= 4 is 5.91 Å². The summed E-state index contributed by atoms with van der Waals surface area (Å²) in [5, 5.41) is 0. The van der Waals surface area contributed by atoms with E-state index in [2.05, 4.69) is 0 Å². The predicted molar refractivity (Wildman–Crippen MR) is 53.9 cm³/mol. The van der Waals surface area contributed by atoms with Crippen molar-refractivity contribution in [3.8, 4) is 0 Å². The van der Waals surface area contributed by atoms with E-state index in [1.807, 2.05) is 18.7 Å². The summed E-state index contributed by atoms with van der Waals surface area (Å²) >= 11 is 0. The highest BCUT2D eigenvalue weighted by molar-refractivity contribution is 5.85. The molecule has 0 saturated carbocycles. The number of rotatable bonds is 2. The highest BCUT2D eigenvalue weighted by atomic mass is 19.1. The molecule has 0 bridgehead atoms. The summed E-state index contributed by atoms with van der Waals surface area (Å²) in [6.45, 7) is 4.95. The molecule has 1 amide bonds. The minimum Gasteiger partial charge on any atom is -0.346 e. The van der Waals surface area contributed by atoms with Crippen molar-refractivity contribution in [1.29, 1.82) is 0 Å². The molecule has 1 aliphatic heterocycles. The lowest BCUT2D eigenvalue weighted by atomic mass is 10.0. The molecule has 0 aliphatic carbocycles. The van der Waals surface area contributed by atoms with Crippen LogP contribution in [-0.4, -0.2) is 54.6 Å². The van der Waals surface area contributed by atoms with Gasteiger partial charge < -0.3 is 4.90 Å². The molecule has 1 rings (SSSR count). The topological polar surface area (TPSA) is 23.6 Å². The summed E-state index contributed by atoms with van der Waals surface area (Å²) < 4.78 is 14.1. The normalized spacial score (nSPS) is 28.4. The van der Waals surface area contributed by atoms with E-state index in [1.54, 1.807) is 14.1 Å². The van der Waals surface area contributed by atoms with Crippen molar-refractivity contribution < 1.29 is 9.18 Å². The zero-order valence-electron chi connectivity index (χ0n) is 9.38. The number of amides is 1. The van der Waals surface area contributed by atoms with Crippen molar-refractivity contribution in [2.45, 2.75) is 32.0 Å². The van der Waals surface area contributed by atoms with Gasteiger partial charge in [0.05, 0.1) is 0 Å². The van der Waals surface area contributed by atoms with Gasteiger partial charge in [-0.25, -0.2) is 4.39 Å². The van der Waals surface area contributed by atoms with E-state index in [0.29, 0.717) is 19.0 Å². The van der Waals surface area contributed by atoms with E-state index in [-0.39, 0.29) is 6.54 Å². The van der Waals surface area contributed by atoms with Crippen molar-refractivity contribution in [3.63, 3.8) is 0 Å². The average Bonchev–Trinajstić information content (AvgIpc) is 2.48. The van der Waals surface area contributed by atoms with Crippen LogP contribution in [0.25, 0.3) is 0 Å². The molecule has 14 heavy (non-hydrogen) atoms. The Kier molecular flexibility index (Phi) is 3.14. The minimum atomic E-state index is -1.66. The maximum atomic E-state index is 14.1. The van der Waals surface area contributed by atoms with Crippen LogP contribution in [0.4, 0.5) is 4.39 Å². The fraction of sp³-hybridized carbons (Fsp3) is 0.900. The van der Waals surface area contributed by atoms with Gasteiger partial charge in [0.15, 0.2) is 0 Å². The Balaban J connectivity index is 2.66. The number of halogens is 1. The van der Waals surface area contributed by atoms with Gasteiger partial charge in [-0.2, -0.15) is 0 Å². The summed E-state index contributed by atoms with van der Waals surface area (Å²) in [5.41, 5.74) is -1.66. The number of hydrogen-bond acceptors (Lipinski definition) is 2. The van der Waals surface area contributed by atoms with Crippen LogP contribution in [0.1, 0.15) is 20.3 Å². The van der Waals surface area contributed by atoms with Crippen molar-refractivity contribution in [3.05, 3.63) is 0 Å². The van der Waals surface area contributed by atoms with Crippen LogP contribution in [-0.2, 0) is 4.79 Å². The molecule has 0 aromatic heterocycles. The zero-order valence-corrected chi connectivity index (χ0v) is 9.38. The second kappa shape index (κ2) is 3.85. The number of likely N-dealkylation sites (tertiary alicyclic amines) is 1. The first-order valence-corrected chi connectivity index (χ1v) is 5.01. The SMILES string of the molecule is CC(C)N1CCC(F)(C(=O)N(C)C)C1. The third-order valence-electron chi connectivity index (χ3n) is 2.77. The fourth-order valence-electron chi connectivity index (χ4n) is 1.82. The van der Waals surface area contributed by atoms with Gasteiger partial charge in [-0.05, 0) is 13.8 Å². The molecule has 4 heteroatoms. The van der Waals surface area contributed by atoms with Crippen LogP contribution in [0.15, 0.2) is 0 Å². The molecule has 1 aliphatic rings. The smallest absolute Gasteiger partial charge is 0.261 e. The number of carbonyl (C=O) groups is 1. The number of hydrogen-bond donors (Lipinski definition) is 0. The van der Waals surface area contributed by atoms with Gasteiger partial charge in [0, 0.05) is 39.6 Å².